The molecular formula is C27H25F2N3O2S. The molecule has 35 heavy (non-hydrogen) atoms. The molecule has 1 saturated carbocycles. The Morgan fingerprint density at radius 3 is 2.57 bits per heavy atom. The number of carbonyl (C=O) groups excluding carboxylic acids is 1. The van der Waals surface area contributed by atoms with Crippen molar-refractivity contribution >= 4 is 34.2 Å². The number of esters is 1. The number of fused-ring (bicyclic) bond motifs is 1. The second-order valence-corrected chi connectivity index (χ2v) is 9.49. The molecule has 1 aromatic heterocycles. The second-order valence-electron chi connectivity index (χ2n) is 8.65. The van der Waals surface area contributed by atoms with Gasteiger partial charge >= 0.3 is 5.97 Å². The van der Waals surface area contributed by atoms with Gasteiger partial charge in [0, 0.05) is 11.3 Å². The molecule has 0 radical (unpaired) electrons. The van der Waals surface area contributed by atoms with Gasteiger partial charge in [-0.05, 0) is 73.2 Å². The van der Waals surface area contributed by atoms with Crippen LogP contribution < -0.4 is 5.01 Å². The minimum absolute atomic E-state index is 0.106. The maximum Gasteiger partial charge on any atom is 0.311 e. The first-order valence-electron chi connectivity index (χ1n) is 11.7. The van der Waals surface area contributed by atoms with E-state index in [-0.39, 0.29) is 36.0 Å². The molecule has 5 nitrogen and oxygen atoms in total. The Bertz CT molecular complexity index is 1270. The van der Waals surface area contributed by atoms with E-state index in [2.05, 4.69) is 11.1 Å². The molecule has 2 heterocycles. The zero-order chi connectivity index (χ0) is 24.4. The van der Waals surface area contributed by atoms with Gasteiger partial charge in [-0.15, -0.1) is 11.3 Å². The van der Waals surface area contributed by atoms with E-state index in [9.17, 15) is 13.6 Å². The summed E-state index contributed by atoms with van der Waals surface area (Å²) < 4.78 is 32.2. The van der Waals surface area contributed by atoms with Crippen molar-refractivity contribution in [1.29, 1.82) is 0 Å². The molecule has 5 rings (SSSR count). The highest BCUT2D eigenvalue weighted by atomic mass is 32.1. The van der Waals surface area contributed by atoms with E-state index in [1.165, 1.54) is 35.6 Å². The average molecular weight is 494 g/mol. The molecule has 0 saturated heterocycles. The number of hydrogen-bond donors (Lipinski definition) is 0. The molecule has 2 aromatic carbocycles. The van der Waals surface area contributed by atoms with Crippen molar-refractivity contribution in [3.8, 4) is 0 Å². The highest BCUT2D eigenvalue weighted by Gasteiger charge is 2.42. The van der Waals surface area contributed by atoms with E-state index >= 15 is 0 Å². The quantitative estimate of drug-likeness (QED) is 0.377. The molecule has 0 amide bonds. The van der Waals surface area contributed by atoms with Crippen molar-refractivity contribution in [2.45, 2.75) is 38.6 Å². The normalized spacial score (nSPS) is 20.6. The van der Waals surface area contributed by atoms with Crippen molar-refractivity contribution in [1.82, 2.24) is 4.98 Å². The topological polar surface area (TPSA) is 54.8 Å². The van der Waals surface area contributed by atoms with Gasteiger partial charge in [-0.25, -0.2) is 18.8 Å². The predicted molar refractivity (Wildman–Crippen MR) is 133 cm³/mol. The summed E-state index contributed by atoms with van der Waals surface area (Å²) in [6.07, 6.45) is 4.99. The fraction of sp³-hybridized carbons (Fsp3) is 0.296. The van der Waals surface area contributed by atoms with Crippen LogP contribution in [0.25, 0.3) is 6.08 Å². The maximum atomic E-state index is 13.7. The van der Waals surface area contributed by atoms with Crippen LogP contribution in [0.2, 0.25) is 0 Å². The van der Waals surface area contributed by atoms with Gasteiger partial charge in [0.2, 0.25) is 5.13 Å². The first kappa shape index (κ1) is 23.4. The zero-order valence-electron chi connectivity index (χ0n) is 19.3. The number of carbonyl (C=O) groups is 1. The second kappa shape index (κ2) is 10.1. The molecule has 0 N–H and O–H groups in total. The van der Waals surface area contributed by atoms with Crippen LogP contribution >= 0.6 is 11.3 Å². The number of hydrazone groups is 1. The molecule has 0 spiro atoms. The summed E-state index contributed by atoms with van der Waals surface area (Å²) in [4.78, 5) is 16.6. The lowest BCUT2D eigenvalue weighted by atomic mass is 9.77. The Morgan fingerprint density at radius 1 is 1.14 bits per heavy atom. The Hall–Kier alpha value is -3.39. The van der Waals surface area contributed by atoms with Gasteiger partial charge in [-0.2, -0.15) is 5.10 Å². The van der Waals surface area contributed by atoms with Gasteiger partial charge in [0.1, 0.15) is 11.6 Å². The van der Waals surface area contributed by atoms with Gasteiger partial charge in [0.25, 0.3) is 0 Å². The Kier molecular flexibility index (Phi) is 6.72. The van der Waals surface area contributed by atoms with Crippen LogP contribution in [0.4, 0.5) is 13.9 Å². The maximum absolute atomic E-state index is 13.7. The number of rotatable bonds is 6. The van der Waals surface area contributed by atoms with Gasteiger partial charge in [-0.3, -0.25) is 4.79 Å². The van der Waals surface area contributed by atoms with E-state index in [0.717, 1.165) is 41.7 Å². The number of anilines is 1. The van der Waals surface area contributed by atoms with E-state index < -0.39 is 0 Å². The predicted octanol–water partition coefficient (Wildman–Crippen LogP) is 6.33. The molecule has 8 heteroatoms. The number of ether oxygens (including phenoxy) is 1. The number of benzene rings is 2. The number of thiazole rings is 1. The summed E-state index contributed by atoms with van der Waals surface area (Å²) in [5, 5.41) is 9.48. The smallest absolute Gasteiger partial charge is 0.311 e. The van der Waals surface area contributed by atoms with E-state index in [4.69, 9.17) is 9.84 Å². The lowest BCUT2D eigenvalue weighted by Crippen LogP contribution is -2.28. The molecule has 0 bridgehead atoms. The van der Waals surface area contributed by atoms with Crippen molar-refractivity contribution in [3.05, 3.63) is 87.9 Å². The third kappa shape index (κ3) is 5.03. The number of hydrogen-bond acceptors (Lipinski definition) is 6. The van der Waals surface area contributed by atoms with Crippen molar-refractivity contribution in [3.63, 3.8) is 0 Å². The van der Waals surface area contributed by atoms with Crippen molar-refractivity contribution < 1.29 is 18.3 Å². The Morgan fingerprint density at radius 2 is 1.86 bits per heavy atom. The third-order valence-corrected chi connectivity index (χ3v) is 7.17. The SMILES string of the molecule is CCOC(=O)Cc1csc(N2N=C3/C(=C\c4ccc(F)cc4)CCC[C@H]3[C@H]2c2ccc(F)cc2)n1. The van der Waals surface area contributed by atoms with Crippen molar-refractivity contribution in [2.75, 3.05) is 11.6 Å². The average Bonchev–Trinajstić information content (AvgIpc) is 3.46. The minimum Gasteiger partial charge on any atom is -0.466 e. The molecule has 2 aliphatic rings. The van der Waals surface area contributed by atoms with Crippen LogP contribution in [0, 0.1) is 17.6 Å². The lowest BCUT2D eigenvalue weighted by Gasteiger charge is -2.29. The highest BCUT2D eigenvalue weighted by molar-refractivity contribution is 7.13. The number of halogens is 2. The summed E-state index contributed by atoms with van der Waals surface area (Å²) in [6.45, 7) is 2.10. The van der Waals surface area contributed by atoms with Gasteiger partial charge in [0.05, 0.1) is 30.5 Å². The van der Waals surface area contributed by atoms with Crippen LogP contribution in [0.1, 0.15) is 49.0 Å². The fourth-order valence-corrected chi connectivity index (χ4v) is 5.56. The number of aromatic nitrogens is 1. The van der Waals surface area contributed by atoms with Crippen LogP contribution in [0.5, 0.6) is 0 Å². The lowest BCUT2D eigenvalue weighted by molar-refractivity contribution is -0.142. The number of nitrogens with zero attached hydrogens (tertiary/aromatic N) is 3. The van der Waals surface area contributed by atoms with Crippen LogP contribution in [-0.4, -0.2) is 23.3 Å². The van der Waals surface area contributed by atoms with E-state index in [0.29, 0.717) is 17.4 Å². The largest absolute Gasteiger partial charge is 0.466 e. The first-order chi connectivity index (χ1) is 17.0. The van der Waals surface area contributed by atoms with E-state index in [1.807, 2.05) is 10.4 Å². The monoisotopic (exact) mass is 493 g/mol. The van der Waals surface area contributed by atoms with Crippen LogP contribution in [0.15, 0.2) is 64.6 Å². The summed E-state index contributed by atoms with van der Waals surface area (Å²) in [7, 11) is 0. The molecule has 1 aliphatic carbocycles. The molecule has 3 aromatic rings. The van der Waals surface area contributed by atoms with E-state index in [1.54, 1.807) is 31.2 Å². The van der Waals surface area contributed by atoms with Gasteiger partial charge in [-0.1, -0.05) is 24.3 Å². The highest BCUT2D eigenvalue weighted by Crippen LogP contribution is 2.46. The minimum atomic E-state index is -0.314. The summed E-state index contributed by atoms with van der Waals surface area (Å²) in [5.41, 5.74) is 4.62. The zero-order valence-corrected chi connectivity index (χ0v) is 20.1. The summed E-state index contributed by atoms with van der Waals surface area (Å²) in [5.74, 6) is -0.758. The van der Waals surface area contributed by atoms with Crippen molar-refractivity contribution in [2.24, 2.45) is 11.0 Å². The Labute approximate surface area is 206 Å². The standard InChI is InChI=1S/C27H25F2N3O2S/c1-2-34-24(33)15-22-16-35-27(30-22)32-26(18-8-12-21(29)13-9-18)23-5-3-4-19(25(23)31-32)14-17-6-10-20(28)11-7-17/h6-14,16,23,26H,2-5,15H2,1H3/b19-14-/t23-,26-/m1/s1. The number of allylic oxidation sites excluding steroid dienone is 1. The molecule has 0 unspecified atom stereocenters. The third-order valence-electron chi connectivity index (χ3n) is 6.29. The molecule has 1 fully saturated rings. The van der Waals surface area contributed by atoms with Gasteiger partial charge < -0.3 is 4.74 Å². The Balaban J connectivity index is 1.52. The molecule has 2 atom stereocenters. The molecular weight excluding hydrogens is 468 g/mol. The summed E-state index contributed by atoms with van der Waals surface area (Å²) >= 11 is 1.43. The molecule has 1 aliphatic heterocycles. The van der Waals surface area contributed by atoms with Crippen LogP contribution in [-0.2, 0) is 16.0 Å². The first-order valence-corrected chi connectivity index (χ1v) is 12.6. The van der Waals surface area contributed by atoms with Crippen LogP contribution in [0.3, 0.4) is 0 Å². The van der Waals surface area contributed by atoms with Gasteiger partial charge in [0.15, 0.2) is 0 Å². The summed E-state index contributed by atoms with van der Waals surface area (Å²) in [6, 6.07) is 12.8. The molecule has 180 valence electrons. The fourth-order valence-electron chi connectivity index (χ4n) is 4.75.